The van der Waals surface area contributed by atoms with Gasteiger partial charge in [-0.1, -0.05) is 40.9 Å². The second-order valence-corrected chi connectivity index (χ2v) is 5.34. The highest BCUT2D eigenvalue weighted by Crippen LogP contribution is 2.21. The van der Waals surface area contributed by atoms with Crippen molar-refractivity contribution in [2.24, 2.45) is 0 Å². The lowest BCUT2D eigenvalue weighted by Crippen LogP contribution is -2.40. The molecular weight excluding hydrogens is 262 g/mol. The summed E-state index contributed by atoms with van der Waals surface area (Å²) >= 11 is 3.44. The number of hydrogen-bond donors (Lipinski definition) is 1. The van der Waals surface area contributed by atoms with Gasteiger partial charge in [-0.05, 0) is 38.0 Å². The van der Waals surface area contributed by atoms with Gasteiger partial charge in [0.25, 0.3) is 0 Å². The van der Waals surface area contributed by atoms with Crippen LogP contribution in [-0.2, 0) is 0 Å². The average molecular weight is 280 g/mol. The molecule has 1 aromatic carbocycles. The zero-order chi connectivity index (χ0) is 12.2. The molecule has 0 saturated carbocycles. The lowest BCUT2D eigenvalue weighted by Gasteiger charge is -2.27. The predicted octanol–water partition coefficient (Wildman–Crippen LogP) is 3.90. The molecule has 1 rings (SSSR count). The van der Waals surface area contributed by atoms with Crippen molar-refractivity contribution in [3.05, 3.63) is 34.3 Å². The summed E-state index contributed by atoms with van der Waals surface area (Å²) in [5.41, 5.74) is 1.00. The van der Waals surface area contributed by atoms with Crippen molar-refractivity contribution in [1.29, 1.82) is 0 Å². The van der Waals surface area contributed by atoms with Crippen molar-refractivity contribution >= 4 is 15.9 Å². The van der Waals surface area contributed by atoms with E-state index in [1.54, 1.807) is 0 Å². The first kappa shape index (κ1) is 13.3. The van der Waals surface area contributed by atoms with Gasteiger partial charge in [0, 0.05) is 10.5 Å². The summed E-state index contributed by atoms with van der Waals surface area (Å²) in [5.74, 6) is 2.77. The Morgan fingerprint density at radius 3 is 2.38 bits per heavy atom. The Bertz CT molecular complexity index is 373. The summed E-state index contributed by atoms with van der Waals surface area (Å²) in [7, 11) is 0. The molecule has 0 aliphatic carbocycles. The fraction of sp³-hybridized carbons (Fsp3) is 0.429. The molecule has 0 saturated heterocycles. The van der Waals surface area contributed by atoms with E-state index in [-0.39, 0.29) is 5.54 Å². The molecule has 1 aromatic rings. The third kappa shape index (κ3) is 3.66. The van der Waals surface area contributed by atoms with Crippen LogP contribution in [0.3, 0.4) is 0 Å². The molecule has 1 N–H and O–H groups in total. The van der Waals surface area contributed by atoms with Crippen LogP contribution >= 0.6 is 15.9 Å². The normalized spacial score (nSPS) is 13.2. The Morgan fingerprint density at radius 2 is 1.94 bits per heavy atom. The van der Waals surface area contributed by atoms with E-state index in [9.17, 15) is 0 Å². The maximum absolute atomic E-state index is 5.49. The molecule has 0 heterocycles. The fourth-order valence-electron chi connectivity index (χ4n) is 1.59. The highest BCUT2D eigenvalue weighted by Gasteiger charge is 2.19. The summed E-state index contributed by atoms with van der Waals surface area (Å²) in [6, 6.07) is 8.67. The van der Waals surface area contributed by atoms with Crippen LogP contribution in [0.5, 0.6) is 0 Å². The SMILES string of the molecule is C#CC(C)(C)NC(CC)c1ccc(Br)cc1. The smallest absolute Gasteiger partial charge is 0.0745 e. The molecule has 0 bridgehead atoms. The van der Waals surface area contributed by atoms with E-state index in [4.69, 9.17) is 6.42 Å². The third-order valence-electron chi connectivity index (χ3n) is 2.58. The summed E-state index contributed by atoms with van der Waals surface area (Å²) in [6.45, 7) is 6.20. The first-order valence-corrected chi connectivity index (χ1v) is 6.28. The Kier molecular flexibility index (Phi) is 4.58. The van der Waals surface area contributed by atoms with Gasteiger partial charge in [0.15, 0.2) is 0 Å². The minimum Gasteiger partial charge on any atom is -0.295 e. The number of benzene rings is 1. The van der Waals surface area contributed by atoms with E-state index in [0.29, 0.717) is 6.04 Å². The van der Waals surface area contributed by atoms with Crippen LogP contribution < -0.4 is 5.32 Å². The summed E-state index contributed by atoms with van der Waals surface area (Å²) in [5, 5.41) is 3.48. The van der Waals surface area contributed by atoms with Crippen molar-refractivity contribution in [2.75, 3.05) is 0 Å². The minimum atomic E-state index is -0.270. The zero-order valence-corrected chi connectivity index (χ0v) is 11.6. The van der Waals surface area contributed by atoms with Crippen LogP contribution in [0.4, 0.5) is 0 Å². The van der Waals surface area contributed by atoms with E-state index in [1.807, 2.05) is 13.8 Å². The van der Waals surface area contributed by atoms with Crippen LogP contribution in [0.25, 0.3) is 0 Å². The van der Waals surface area contributed by atoms with Gasteiger partial charge in [-0.15, -0.1) is 6.42 Å². The van der Waals surface area contributed by atoms with E-state index >= 15 is 0 Å². The average Bonchev–Trinajstić information content (AvgIpc) is 2.27. The molecule has 1 unspecified atom stereocenters. The maximum Gasteiger partial charge on any atom is 0.0745 e. The summed E-state index contributed by atoms with van der Waals surface area (Å²) in [6.07, 6.45) is 6.51. The molecule has 0 aliphatic rings. The summed E-state index contributed by atoms with van der Waals surface area (Å²) in [4.78, 5) is 0. The molecule has 2 heteroatoms. The maximum atomic E-state index is 5.49. The highest BCUT2D eigenvalue weighted by molar-refractivity contribution is 9.10. The molecule has 0 aromatic heterocycles. The van der Waals surface area contributed by atoms with Crippen LogP contribution in [0.15, 0.2) is 28.7 Å². The standard InChI is InChI=1S/C14H18BrN/c1-5-13(16-14(3,4)6-2)11-7-9-12(15)10-8-11/h2,7-10,13,16H,5H2,1,3-4H3. The number of rotatable bonds is 4. The van der Waals surface area contributed by atoms with Gasteiger partial charge in [-0.25, -0.2) is 0 Å². The van der Waals surface area contributed by atoms with Gasteiger partial charge >= 0.3 is 0 Å². The van der Waals surface area contributed by atoms with E-state index in [1.165, 1.54) is 5.56 Å². The monoisotopic (exact) mass is 279 g/mol. The first-order chi connectivity index (χ1) is 7.48. The van der Waals surface area contributed by atoms with Crippen molar-refractivity contribution in [3.63, 3.8) is 0 Å². The van der Waals surface area contributed by atoms with Crippen molar-refractivity contribution in [3.8, 4) is 12.3 Å². The van der Waals surface area contributed by atoms with Crippen LogP contribution in [-0.4, -0.2) is 5.54 Å². The quantitative estimate of drug-likeness (QED) is 0.825. The molecule has 1 atom stereocenters. The molecule has 16 heavy (non-hydrogen) atoms. The topological polar surface area (TPSA) is 12.0 Å². The van der Waals surface area contributed by atoms with Gasteiger partial charge < -0.3 is 0 Å². The summed E-state index contributed by atoms with van der Waals surface area (Å²) < 4.78 is 1.10. The number of terminal acetylenes is 1. The van der Waals surface area contributed by atoms with E-state index < -0.39 is 0 Å². The molecule has 0 spiro atoms. The Hall–Kier alpha value is -0.780. The van der Waals surface area contributed by atoms with Gasteiger partial charge in [-0.2, -0.15) is 0 Å². The molecule has 1 nitrogen and oxygen atoms in total. The Balaban J connectivity index is 2.84. The van der Waals surface area contributed by atoms with Crippen LogP contribution in [0.1, 0.15) is 38.8 Å². The molecule has 0 radical (unpaired) electrons. The second kappa shape index (κ2) is 5.52. The molecule has 86 valence electrons. The second-order valence-electron chi connectivity index (χ2n) is 4.43. The van der Waals surface area contributed by atoms with E-state index in [0.717, 1.165) is 10.9 Å². The molecular formula is C14H18BrN. The Labute approximate surface area is 107 Å². The third-order valence-corrected chi connectivity index (χ3v) is 3.11. The van der Waals surface area contributed by atoms with Crippen molar-refractivity contribution in [1.82, 2.24) is 5.32 Å². The van der Waals surface area contributed by atoms with Crippen LogP contribution in [0.2, 0.25) is 0 Å². The number of nitrogens with one attached hydrogen (secondary N) is 1. The molecule has 0 fully saturated rings. The Morgan fingerprint density at radius 1 is 1.38 bits per heavy atom. The largest absolute Gasteiger partial charge is 0.295 e. The molecule has 0 aliphatic heterocycles. The minimum absolute atomic E-state index is 0.270. The van der Waals surface area contributed by atoms with E-state index in [2.05, 4.69) is 58.4 Å². The lowest BCUT2D eigenvalue weighted by molar-refractivity contribution is 0.403. The van der Waals surface area contributed by atoms with Gasteiger partial charge in [0.2, 0.25) is 0 Å². The van der Waals surface area contributed by atoms with Crippen molar-refractivity contribution < 1.29 is 0 Å². The number of hydrogen-bond acceptors (Lipinski definition) is 1. The number of halogens is 1. The highest BCUT2D eigenvalue weighted by atomic mass is 79.9. The lowest BCUT2D eigenvalue weighted by atomic mass is 9.99. The van der Waals surface area contributed by atoms with Gasteiger partial charge in [-0.3, -0.25) is 5.32 Å². The van der Waals surface area contributed by atoms with Crippen LogP contribution in [0, 0.1) is 12.3 Å². The predicted molar refractivity (Wildman–Crippen MR) is 73.2 cm³/mol. The van der Waals surface area contributed by atoms with Crippen molar-refractivity contribution in [2.45, 2.75) is 38.8 Å². The fourth-order valence-corrected chi connectivity index (χ4v) is 1.86. The van der Waals surface area contributed by atoms with Gasteiger partial charge in [0.1, 0.15) is 0 Å². The zero-order valence-electron chi connectivity index (χ0n) is 10.0. The first-order valence-electron chi connectivity index (χ1n) is 5.49. The molecule has 0 amide bonds. The van der Waals surface area contributed by atoms with Gasteiger partial charge in [0.05, 0.1) is 5.54 Å².